The first-order valence-corrected chi connectivity index (χ1v) is 6.51. The van der Waals surface area contributed by atoms with Gasteiger partial charge in [0.25, 0.3) is 0 Å². The highest BCUT2D eigenvalue weighted by Crippen LogP contribution is 2.24. The predicted octanol–water partition coefficient (Wildman–Crippen LogP) is 4.50. The van der Waals surface area contributed by atoms with Crippen molar-refractivity contribution in [3.63, 3.8) is 0 Å². The molecule has 20 heavy (non-hydrogen) atoms. The van der Waals surface area contributed by atoms with Crippen molar-refractivity contribution in [1.29, 1.82) is 0 Å². The Kier molecular flexibility index (Phi) is 3.07. The van der Waals surface area contributed by atoms with Crippen LogP contribution >= 0.6 is 11.6 Å². The van der Waals surface area contributed by atoms with E-state index >= 15 is 0 Å². The van der Waals surface area contributed by atoms with Gasteiger partial charge in [0.15, 0.2) is 5.78 Å². The fourth-order valence-electron chi connectivity index (χ4n) is 2.26. The zero-order chi connectivity index (χ0) is 14.3. The van der Waals surface area contributed by atoms with Crippen LogP contribution in [0.2, 0.25) is 5.02 Å². The van der Waals surface area contributed by atoms with Crippen LogP contribution in [0.15, 0.2) is 42.6 Å². The standard InChI is InChI=1S/C16H11ClFNO/c1-9-2-3-10(17)6-12(9)16(20)14-8-19-15-5-4-11(18)7-13(14)15/h2-8,19H,1H3. The molecule has 0 aliphatic carbocycles. The number of halogens is 2. The maximum absolute atomic E-state index is 13.4. The maximum Gasteiger partial charge on any atom is 0.195 e. The summed E-state index contributed by atoms with van der Waals surface area (Å²) in [5.74, 6) is -0.532. The molecule has 0 unspecified atom stereocenters. The SMILES string of the molecule is Cc1ccc(Cl)cc1C(=O)c1c[nH]c2ccc(F)cc12. The normalized spacial score (nSPS) is 10.9. The number of aryl methyl sites for hydroxylation is 1. The zero-order valence-corrected chi connectivity index (χ0v) is 11.5. The molecule has 3 aromatic rings. The average Bonchev–Trinajstić information content (AvgIpc) is 2.83. The smallest absolute Gasteiger partial charge is 0.195 e. The average molecular weight is 288 g/mol. The van der Waals surface area contributed by atoms with Gasteiger partial charge in [0.1, 0.15) is 5.82 Å². The molecule has 100 valence electrons. The summed E-state index contributed by atoms with van der Waals surface area (Å²) >= 11 is 5.95. The van der Waals surface area contributed by atoms with Crippen molar-refractivity contribution in [2.24, 2.45) is 0 Å². The van der Waals surface area contributed by atoms with Gasteiger partial charge in [-0.25, -0.2) is 4.39 Å². The number of ketones is 1. The molecule has 0 aliphatic rings. The minimum absolute atomic E-state index is 0.165. The van der Waals surface area contributed by atoms with Gasteiger partial charge in [-0.05, 0) is 42.8 Å². The van der Waals surface area contributed by atoms with Gasteiger partial charge >= 0.3 is 0 Å². The summed E-state index contributed by atoms with van der Waals surface area (Å²) in [6, 6.07) is 9.51. The monoisotopic (exact) mass is 287 g/mol. The van der Waals surface area contributed by atoms with Crippen molar-refractivity contribution < 1.29 is 9.18 Å². The van der Waals surface area contributed by atoms with Crippen molar-refractivity contribution in [3.8, 4) is 0 Å². The van der Waals surface area contributed by atoms with Crippen molar-refractivity contribution in [1.82, 2.24) is 4.98 Å². The first-order chi connectivity index (χ1) is 9.56. The van der Waals surface area contributed by atoms with Gasteiger partial charge in [0.05, 0.1) is 0 Å². The van der Waals surface area contributed by atoms with Gasteiger partial charge in [0.2, 0.25) is 0 Å². The lowest BCUT2D eigenvalue weighted by Gasteiger charge is -2.05. The molecule has 1 heterocycles. The van der Waals surface area contributed by atoms with Crippen molar-refractivity contribution in [3.05, 3.63) is 70.1 Å². The second kappa shape index (κ2) is 4.76. The van der Waals surface area contributed by atoms with Crippen LogP contribution in [0.1, 0.15) is 21.5 Å². The van der Waals surface area contributed by atoms with Gasteiger partial charge in [-0.1, -0.05) is 17.7 Å². The lowest BCUT2D eigenvalue weighted by atomic mass is 9.99. The molecule has 4 heteroatoms. The summed E-state index contributed by atoms with van der Waals surface area (Å²) in [6.45, 7) is 1.85. The Morgan fingerprint density at radius 1 is 1.15 bits per heavy atom. The number of nitrogens with one attached hydrogen (secondary N) is 1. The molecule has 0 bridgehead atoms. The number of aromatic amines is 1. The number of hydrogen-bond acceptors (Lipinski definition) is 1. The number of fused-ring (bicyclic) bond motifs is 1. The largest absolute Gasteiger partial charge is 0.360 e. The summed E-state index contributed by atoms with van der Waals surface area (Å²) in [7, 11) is 0. The number of carbonyl (C=O) groups excluding carboxylic acids is 1. The zero-order valence-electron chi connectivity index (χ0n) is 10.7. The summed E-state index contributed by atoms with van der Waals surface area (Å²) in [5.41, 5.74) is 2.55. The van der Waals surface area contributed by atoms with Crippen LogP contribution < -0.4 is 0 Å². The van der Waals surface area contributed by atoms with Gasteiger partial charge in [-0.3, -0.25) is 4.79 Å². The maximum atomic E-state index is 13.4. The third-order valence-corrected chi connectivity index (χ3v) is 3.57. The van der Waals surface area contributed by atoms with Crippen molar-refractivity contribution in [2.75, 3.05) is 0 Å². The summed E-state index contributed by atoms with van der Waals surface area (Å²) in [4.78, 5) is 15.6. The minimum Gasteiger partial charge on any atom is -0.360 e. The minimum atomic E-state index is -0.367. The Bertz CT molecular complexity index is 822. The van der Waals surface area contributed by atoms with Gasteiger partial charge in [0, 0.05) is 33.2 Å². The van der Waals surface area contributed by atoms with Crippen molar-refractivity contribution >= 4 is 28.3 Å². The molecule has 0 amide bonds. The van der Waals surface area contributed by atoms with E-state index in [-0.39, 0.29) is 11.6 Å². The molecule has 3 rings (SSSR count). The number of benzene rings is 2. The van der Waals surface area contributed by atoms with E-state index in [0.29, 0.717) is 21.5 Å². The van der Waals surface area contributed by atoms with Crippen LogP contribution in [0.3, 0.4) is 0 Å². The predicted molar refractivity (Wildman–Crippen MR) is 77.9 cm³/mol. The number of rotatable bonds is 2. The number of carbonyl (C=O) groups is 1. The third kappa shape index (κ3) is 2.10. The van der Waals surface area contributed by atoms with E-state index in [2.05, 4.69) is 4.98 Å². The van der Waals surface area contributed by atoms with Crippen molar-refractivity contribution in [2.45, 2.75) is 6.92 Å². The summed E-state index contributed by atoms with van der Waals surface area (Å²) in [6.07, 6.45) is 1.60. The Hall–Kier alpha value is -2.13. The third-order valence-electron chi connectivity index (χ3n) is 3.33. The fourth-order valence-corrected chi connectivity index (χ4v) is 2.44. The molecule has 0 aliphatic heterocycles. The van der Waals surface area contributed by atoms with Crippen LogP contribution in [-0.2, 0) is 0 Å². The second-order valence-electron chi connectivity index (χ2n) is 4.68. The van der Waals surface area contributed by atoms with E-state index in [1.807, 2.05) is 6.92 Å². The summed E-state index contributed by atoms with van der Waals surface area (Å²) < 4.78 is 13.4. The quantitative estimate of drug-likeness (QED) is 0.692. The molecular weight excluding hydrogens is 277 g/mol. The molecule has 0 atom stereocenters. The highest BCUT2D eigenvalue weighted by molar-refractivity contribution is 6.31. The summed E-state index contributed by atoms with van der Waals surface area (Å²) in [5, 5.41) is 1.08. The lowest BCUT2D eigenvalue weighted by molar-refractivity contribution is 0.104. The topological polar surface area (TPSA) is 32.9 Å². The van der Waals surface area contributed by atoms with E-state index in [4.69, 9.17) is 11.6 Å². The van der Waals surface area contributed by atoms with Crippen LogP contribution in [0, 0.1) is 12.7 Å². The van der Waals surface area contributed by atoms with E-state index in [9.17, 15) is 9.18 Å². The number of aromatic nitrogens is 1. The Morgan fingerprint density at radius 2 is 1.95 bits per heavy atom. The van der Waals surface area contributed by atoms with Gasteiger partial charge in [-0.15, -0.1) is 0 Å². The molecule has 0 spiro atoms. The van der Waals surface area contributed by atoms with Crippen LogP contribution in [0.25, 0.3) is 10.9 Å². The van der Waals surface area contributed by atoms with Gasteiger partial charge < -0.3 is 4.98 Å². The first kappa shape index (κ1) is 12.9. The van der Waals surface area contributed by atoms with Crippen LogP contribution in [0.5, 0.6) is 0 Å². The molecule has 2 nitrogen and oxygen atoms in total. The van der Waals surface area contributed by atoms with E-state index in [1.165, 1.54) is 12.1 Å². The number of H-pyrrole nitrogens is 1. The van der Waals surface area contributed by atoms with E-state index in [0.717, 1.165) is 11.1 Å². The van der Waals surface area contributed by atoms with E-state index < -0.39 is 0 Å². The Balaban J connectivity index is 2.17. The Labute approximate surface area is 120 Å². The molecule has 0 saturated heterocycles. The van der Waals surface area contributed by atoms with Gasteiger partial charge in [-0.2, -0.15) is 0 Å². The molecule has 2 aromatic carbocycles. The number of hydrogen-bond donors (Lipinski definition) is 1. The van der Waals surface area contributed by atoms with Crippen LogP contribution in [0.4, 0.5) is 4.39 Å². The molecular formula is C16H11ClFNO. The molecule has 1 aromatic heterocycles. The van der Waals surface area contributed by atoms with Crippen LogP contribution in [-0.4, -0.2) is 10.8 Å². The lowest BCUT2D eigenvalue weighted by Crippen LogP contribution is -2.03. The molecule has 0 saturated carbocycles. The fraction of sp³-hybridized carbons (Fsp3) is 0.0625. The Morgan fingerprint density at radius 3 is 2.75 bits per heavy atom. The highest BCUT2D eigenvalue weighted by Gasteiger charge is 2.16. The molecule has 0 fully saturated rings. The first-order valence-electron chi connectivity index (χ1n) is 6.14. The highest BCUT2D eigenvalue weighted by atomic mass is 35.5. The van der Waals surface area contributed by atoms with E-state index in [1.54, 1.807) is 30.5 Å². The molecule has 1 N–H and O–H groups in total. The molecule has 0 radical (unpaired) electrons. The second-order valence-corrected chi connectivity index (χ2v) is 5.12.